The monoisotopic (exact) mass is 229 g/mol. The summed E-state index contributed by atoms with van der Waals surface area (Å²) < 4.78 is 10.8. The number of aliphatic hydroxyl groups is 1. The number of hydrogen-bond acceptors (Lipinski definition) is 4. The Kier molecular flexibility index (Phi) is 4.72. The van der Waals surface area contributed by atoms with Gasteiger partial charge in [0, 0.05) is 6.42 Å². The zero-order valence-corrected chi connectivity index (χ0v) is 9.37. The third kappa shape index (κ3) is 3.48. The zero-order chi connectivity index (χ0) is 12.1. The van der Waals surface area contributed by atoms with Gasteiger partial charge in [0.1, 0.15) is 6.10 Å². The summed E-state index contributed by atoms with van der Waals surface area (Å²) in [6.45, 7) is 5.69. The lowest BCUT2D eigenvalue weighted by molar-refractivity contribution is -0.217. The van der Waals surface area contributed by atoms with E-state index in [-0.39, 0.29) is 18.1 Å². The van der Waals surface area contributed by atoms with Gasteiger partial charge < -0.3 is 26.0 Å². The highest BCUT2D eigenvalue weighted by Gasteiger charge is 2.35. The van der Waals surface area contributed by atoms with Crippen molar-refractivity contribution in [1.29, 1.82) is 0 Å². The Labute approximate surface area is 94.9 Å². The Morgan fingerprint density at radius 3 is 2.94 bits per heavy atom. The normalized spacial score (nSPS) is 34.4. The molecule has 0 spiro atoms. The lowest BCUT2D eigenvalue weighted by atomic mass is 10.0. The predicted molar refractivity (Wildman–Crippen MR) is 60.7 cm³/mol. The molecule has 0 aromatic carbocycles. The first-order chi connectivity index (χ1) is 7.54. The van der Waals surface area contributed by atoms with E-state index >= 15 is 0 Å². The number of rotatable bonds is 4. The van der Waals surface area contributed by atoms with Crippen LogP contribution in [0.5, 0.6) is 0 Å². The summed E-state index contributed by atoms with van der Waals surface area (Å²) in [6, 6.07) is -0.386. The van der Waals surface area contributed by atoms with Crippen LogP contribution >= 0.6 is 0 Å². The highest BCUT2D eigenvalue weighted by Crippen LogP contribution is 2.23. The van der Waals surface area contributed by atoms with Gasteiger partial charge in [0.25, 0.3) is 0 Å². The molecule has 0 aromatic rings. The number of aliphatic imine (C=N–C) groups is 1. The van der Waals surface area contributed by atoms with Crippen molar-refractivity contribution in [2.75, 3.05) is 6.61 Å². The van der Waals surface area contributed by atoms with Gasteiger partial charge in [0.05, 0.1) is 18.8 Å². The minimum absolute atomic E-state index is 0.0411. The summed E-state index contributed by atoms with van der Waals surface area (Å²) in [4.78, 5) is 3.96. The van der Waals surface area contributed by atoms with Crippen LogP contribution in [0, 0.1) is 0 Å². The quantitative estimate of drug-likeness (QED) is 0.337. The molecule has 0 radical (unpaired) electrons. The molecule has 0 aromatic heterocycles. The van der Waals surface area contributed by atoms with Crippen LogP contribution in [0.4, 0.5) is 0 Å². The molecule has 0 bridgehead atoms. The number of ether oxygens (including phenoxy) is 2. The lowest BCUT2D eigenvalue weighted by Gasteiger charge is -2.35. The highest BCUT2D eigenvalue weighted by molar-refractivity contribution is 5.75. The molecule has 1 aliphatic heterocycles. The largest absolute Gasteiger partial charge is 0.388 e. The van der Waals surface area contributed by atoms with Crippen LogP contribution in [0.2, 0.25) is 0 Å². The van der Waals surface area contributed by atoms with Crippen molar-refractivity contribution >= 4 is 5.96 Å². The SMILES string of the molecule is C=CCO[C@H]1C[C@H](N=C(N)N)[C@@H](O)[C@H](C)O1. The summed E-state index contributed by atoms with van der Waals surface area (Å²) in [7, 11) is 0. The van der Waals surface area contributed by atoms with Crippen LogP contribution in [0.15, 0.2) is 17.6 Å². The Hall–Kier alpha value is -1.11. The van der Waals surface area contributed by atoms with Crippen LogP contribution in [0.25, 0.3) is 0 Å². The van der Waals surface area contributed by atoms with Crippen molar-refractivity contribution < 1.29 is 14.6 Å². The molecule has 5 N–H and O–H groups in total. The van der Waals surface area contributed by atoms with Crippen molar-refractivity contribution in [3.63, 3.8) is 0 Å². The average Bonchev–Trinajstić information content (AvgIpc) is 2.21. The molecule has 92 valence electrons. The lowest BCUT2D eigenvalue weighted by Crippen LogP contribution is -2.48. The van der Waals surface area contributed by atoms with E-state index in [4.69, 9.17) is 20.9 Å². The molecule has 0 saturated carbocycles. The smallest absolute Gasteiger partial charge is 0.186 e. The van der Waals surface area contributed by atoms with E-state index in [0.29, 0.717) is 13.0 Å². The standard InChI is InChI=1S/C10H19N3O3/c1-3-4-15-8-5-7(13-10(11)12)9(14)6(2)16-8/h3,6-9,14H,1,4-5H2,2H3,(H4,11,12,13)/t6-,7-,8+,9-/m0/s1. The fourth-order valence-electron chi connectivity index (χ4n) is 1.63. The minimum Gasteiger partial charge on any atom is -0.388 e. The van der Waals surface area contributed by atoms with Crippen molar-refractivity contribution in [1.82, 2.24) is 0 Å². The maximum Gasteiger partial charge on any atom is 0.186 e. The van der Waals surface area contributed by atoms with E-state index in [1.165, 1.54) is 0 Å². The summed E-state index contributed by atoms with van der Waals surface area (Å²) in [5.41, 5.74) is 10.6. The highest BCUT2D eigenvalue weighted by atomic mass is 16.7. The van der Waals surface area contributed by atoms with Gasteiger partial charge >= 0.3 is 0 Å². The Balaban J connectivity index is 2.61. The number of aliphatic hydroxyl groups excluding tert-OH is 1. The number of guanidine groups is 1. The first kappa shape index (κ1) is 13.0. The van der Waals surface area contributed by atoms with Crippen LogP contribution in [-0.2, 0) is 9.47 Å². The van der Waals surface area contributed by atoms with Gasteiger partial charge in [-0.2, -0.15) is 0 Å². The van der Waals surface area contributed by atoms with E-state index in [9.17, 15) is 5.11 Å². The van der Waals surface area contributed by atoms with Crippen molar-refractivity contribution in [3.8, 4) is 0 Å². The molecule has 4 atom stereocenters. The van der Waals surface area contributed by atoms with Crippen LogP contribution in [0.3, 0.4) is 0 Å². The first-order valence-electron chi connectivity index (χ1n) is 5.19. The number of nitrogens with two attached hydrogens (primary N) is 2. The van der Waals surface area contributed by atoms with Gasteiger partial charge in [-0.1, -0.05) is 6.08 Å². The summed E-state index contributed by atoms with van der Waals surface area (Å²) in [5, 5.41) is 9.81. The molecule has 1 fully saturated rings. The Bertz CT molecular complexity index is 266. The molecule has 1 aliphatic rings. The zero-order valence-electron chi connectivity index (χ0n) is 9.37. The van der Waals surface area contributed by atoms with Crippen LogP contribution < -0.4 is 11.5 Å². The van der Waals surface area contributed by atoms with Gasteiger partial charge in [-0.3, -0.25) is 0 Å². The molecule has 0 unspecified atom stereocenters. The van der Waals surface area contributed by atoms with Crippen molar-refractivity contribution in [3.05, 3.63) is 12.7 Å². The molecule has 1 heterocycles. The van der Waals surface area contributed by atoms with E-state index in [2.05, 4.69) is 11.6 Å². The van der Waals surface area contributed by atoms with Crippen molar-refractivity contribution in [2.24, 2.45) is 16.5 Å². The summed E-state index contributed by atoms with van der Waals surface area (Å²) >= 11 is 0. The predicted octanol–water partition coefficient (Wildman–Crippen LogP) is -0.673. The number of hydrogen-bond donors (Lipinski definition) is 3. The minimum atomic E-state index is -0.717. The van der Waals surface area contributed by atoms with Crippen molar-refractivity contribution in [2.45, 2.75) is 37.9 Å². The van der Waals surface area contributed by atoms with E-state index in [1.54, 1.807) is 13.0 Å². The fourth-order valence-corrected chi connectivity index (χ4v) is 1.63. The molecular weight excluding hydrogens is 210 g/mol. The summed E-state index contributed by atoms with van der Waals surface area (Å²) in [6.07, 6.45) is 0.568. The third-order valence-corrected chi connectivity index (χ3v) is 2.39. The molecule has 6 heteroatoms. The van der Waals surface area contributed by atoms with Gasteiger partial charge in [-0.25, -0.2) is 4.99 Å². The van der Waals surface area contributed by atoms with Gasteiger partial charge in [0.2, 0.25) is 0 Å². The Morgan fingerprint density at radius 2 is 2.38 bits per heavy atom. The van der Waals surface area contributed by atoms with Crippen LogP contribution in [0.1, 0.15) is 13.3 Å². The molecule has 1 rings (SSSR count). The molecule has 6 nitrogen and oxygen atoms in total. The molecule has 1 saturated heterocycles. The van der Waals surface area contributed by atoms with Crippen LogP contribution in [-0.4, -0.2) is 42.2 Å². The van der Waals surface area contributed by atoms with E-state index < -0.39 is 12.4 Å². The topological polar surface area (TPSA) is 103 Å². The number of nitrogens with zero attached hydrogens (tertiary/aromatic N) is 1. The maximum atomic E-state index is 9.81. The van der Waals surface area contributed by atoms with Gasteiger partial charge in [-0.05, 0) is 6.92 Å². The molecule has 16 heavy (non-hydrogen) atoms. The second-order valence-electron chi connectivity index (χ2n) is 3.74. The Morgan fingerprint density at radius 1 is 1.69 bits per heavy atom. The molecule has 0 aliphatic carbocycles. The van der Waals surface area contributed by atoms with Gasteiger partial charge in [-0.15, -0.1) is 6.58 Å². The second-order valence-corrected chi connectivity index (χ2v) is 3.74. The fraction of sp³-hybridized carbons (Fsp3) is 0.700. The first-order valence-corrected chi connectivity index (χ1v) is 5.19. The second kappa shape index (κ2) is 5.83. The average molecular weight is 229 g/mol. The molecular formula is C10H19N3O3. The third-order valence-electron chi connectivity index (χ3n) is 2.39. The van der Waals surface area contributed by atoms with E-state index in [0.717, 1.165) is 0 Å². The molecule has 0 amide bonds. The van der Waals surface area contributed by atoms with E-state index in [1.807, 2.05) is 0 Å². The van der Waals surface area contributed by atoms with Gasteiger partial charge in [0.15, 0.2) is 12.2 Å². The maximum absolute atomic E-state index is 9.81. The summed E-state index contributed by atoms with van der Waals surface area (Å²) in [5.74, 6) is -0.0411.